The summed E-state index contributed by atoms with van der Waals surface area (Å²) in [7, 11) is 0. The van der Waals surface area contributed by atoms with Gasteiger partial charge >= 0.3 is 6.18 Å². The van der Waals surface area contributed by atoms with Crippen LogP contribution in [0.15, 0.2) is 53.1 Å². The van der Waals surface area contributed by atoms with E-state index in [4.69, 9.17) is 4.42 Å². The summed E-state index contributed by atoms with van der Waals surface area (Å²) in [6.45, 7) is 5.89. The smallest absolute Gasteiger partial charge is 0.416 e. The second-order valence-corrected chi connectivity index (χ2v) is 6.77. The molecule has 0 aliphatic carbocycles. The molecule has 2 heterocycles. The number of halogens is 3. The molecule has 1 aromatic carbocycles. The minimum absolute atomic E-state index is 0.330. The predicted molar refractivity (Wildman–Crippen MR) is 99.0 cm³/mol. The van der Waals surface area contributed by atoms with Crippen LogP contribution in [0.4, 0.5) is 13.2 Å². The van der Waals surface area contributed by atoms with Crippen molar-refractivity contribution in [2.24, 2.45) is 0 Å². The molecule has 1 unspecified atom stereocenters. The molecule has 2 aromatic heterocycles. The minimum Gasteiger partial charge on any atom is -0.467 e. The number of aryl methyl sites for hydroxylation is 1. The Labute approximate surface area is 161 Å². The number of hydrogen-bond donors (Lipinski definition) is 1. The third-order valence-corrected chi connectivity index (χ3v) is 4.77. The van der Waals surface area contributed by atoms with Crippen molar-refractivity contribution in [1.82, 2.24) is 9.88 Å². The highest BCUT2D eigenvalue weighted by molar-refractivity contribution is 5.96. The van der Waals surface area contributed by atoms with Crippen LogP contribution in [-0.2, 0) is 12.7 Å². The molecular weight excluding hydrogens is 369 g/mol. The number of hydrogen-bond acceptors (Lipinski definition) is 2. The van der Waals surface area contributed by atoms with Gasteiger partial charge in [0.1, 0.15) is 5.76 Å². The number of nitrogens with one attached hydrogen (secondary N) is 1. The van der Waals surface area contributed by atoms with Crippen LogP contribution < -0.4 is 5.32 Å². The Balaban J connectivity index is 1.78. The lowest BCUT2D eigenvalue weighted by Crippen LogP contribution is -2.27. The van der Waals surface area contributed by atoms with Crippen LogP contribution in [0.1, 0.15) is 51.6 Å². The average Bonchev–Trinajstić information content (AvgIpc) is 3.25. The van der Waals surface area contributed by atoms with E-state index >= 15 is 0 Å². The van der Waals surface area contributed by atoms with Crippen LogP contribution in [0.5, 0.6) is 0 Å². The van der Waals surface area contributed by atoms with Crippen LogP contribution in [0, 0.1) is 13.8 Å². The number of rotatable bonds is 5. The van der Waals surface area contributed by atoms with Crippen molar-refractivity contribution in [3.8, 4) is 0 Å². The van der Waals surface area contributed by atoms with E-state index in [9.17, 15) is 18.0 Å². The van der Waals surface area contributed by atoms with E-state index in [1.165, 1.54) is 6.07 Å². The molecule has 3 rings (SSSR count). The summed E-state index contributed by atoms with van der Waals surface area (Å²) in [6.07, 6.45) is -2.83. The molecule has 1 N–H and O–H groups in total. The van der Waals surface area contributed by atoms with Crippen LogP contribution in [0.3, 0.4) is 0 Å². The second-order valence-electron chi connectivity index (χ2n) is 6.77. The first-order valence-corrected chi connectivity index (χ1v) is 8.84. The zero-order chi connectivity index (χ0) is 20.5. The molecule has 148 valence electrons. The van der Waals surface area contributed by atoms with Crippen LogP contribution in [0.2, 0.25) is 0 Å². The summed E-state index contributed by atoms with van der Waals surface area (Å²) in [4.78, 5) is 12.7. The fourth-order valence-electron chi connectivity index (χ4n) is 3.17. The molecule has 1 amide bonds. The van der Waals surface area contributed by atoms with E-state index in [0.29, 0.717) is 17.7 Å². The molecule has 0 saturated carbocycles. The van der Waals surface area contributed by atoms with Gasteiger partial charge in [0.25, 0.3) is 5.91 Å². The number of alkyl halides is 3. The standard InChI is InChI=1S/C21H21F3N2O2/c1-13-10-19(15(3)26(13)12-18-8-5-9-28-18)20(27)25-14(2)16-6-4-7-17(11-16)21(22,23)24/h4-11,14H,12H2,1-3H3,(H,25,27). The van der Waals surface area contributed by atoms with Crippen molar-refractivity contribution in [3.63, 3.8) is 0 Å². The molecule has 0 fully saturated rings. The normalized spacial score (nSPS) is 12.8. The average molecular weight is 390 g/mol. The summed E-state index contributed by atoms with van der Waals surface area (Å²) in [6, 6.07) is 9.85. The first-order chi connectivity index (χ1) is 13.2. The van der Waals surface area contributed by atoms with Gasteiger partial charge in [-0.15, -0.1) is 0 Å². The molecular formula is C21H21F3N2O2. The van der Waals surface area contributed by atoms with Gasteiger partial charge in [-0.3, -0.25) is 4.79 Å². The largest absolute Gasteiger partial charge is 0.467 e. The molecule has 28 heavy (non-hydrogen) atoms. The van der Waals surface area contributed by atoms with E-state index in [0.717, 1.165) is 29.3 Å². The maximum atomic E-state index is 12.9. The molecule has 7 heteroatoms. The summed E-state index contributed by atoms with van der Waals surface area (Å²) in [5, 5.41) is 2.79. The molecule has 0 spiro atoms. The van der Waals surface area contributed by atoms with Gasteiger partial charge < -0.3 is 14.3 Å². The highest BCUT2D eigenvalue weighted by Crippen LogP contribution is 2.30. The van der Waals surface area contributed by atoms with E-state index in [2.05, 4.69) is 5.32 Å². The fourth-order valence-corrected chi connectivity index (χ4v) is 3.17. The first kappa shape index (κ1) is 19.8. The molecule has 0 aliphatic rings. The third-order valence-electron chi connectivity index (χ3n) is 4.77. The number of carbonyl (C=O) groups is 1. The highest BCUT2D eigenvalue weighted by Gasteiger charge is 2.31. The Morgan fingerprint density at radius 2 is 1.93 bits per heavy atom. The summed E-state index contributed by atoms with van der Waals surface area (Å²) < 4.78 is 46.1. The molecule has 0 radical (unpaired) electrons. The van der Waals surface area contributed by atoms with Gasteiger partial charge in [0.15, 0.2) is 0 Å². The van der Waals surface area contributed by atoms with Gasteiger partial charge in [0.2, 0.25) is 0 Å². The molecule has 0 aliphatic heterocycles. The Morgan fingerprint density at radius 1 is 1.18 bits per heavy atom. The van der Waals surface area contributed by atoms with Crippen molar-refractivity contribution >= 4 is 5.91 Å². The monoisotopic (exact) mass is 390 g/mol. The van der Waals surface area contributed by atoms with Gasteiger partial charge in [-0.25, -0.2) is 0 Å². The zero-order valence-corrected chi connectivity index (χ0v) is 15.8. The minimum atomic E-state index is -4.42. The Morgan fingerprint density at radius 3 is 2.57 bits per heavy atom. The Bertz CT molecular complexity index is 972. The molecule has 0 bridgehead atoms. The van der Waals surface area contributed by atoms with Crippen molar-refractivity contribution < 1.29 is 22.4 Å². The number of amides is 1. The number of carbonyl (C=O) groups excluding carboxylic acids is 1. The lowest BCUT2D eigenvalue weighted by atomic mass is 10.0. The van der Waals surface area contributed by atoms with Crippen molar-refractivity contribution in [2.75, 3.05) is 0 Å². The molecule has 1 atom stereocenters. The van der Waals surface area contributed by atoms with Crippen LogP contribution in [-0.4, -0.2) is 10.5 Å². The van der Waals surface area contributed by atoms with Crippen LogP contribution in [0.25, 0.3) is 0 Å². The van der Waals surface area contributed by atoms with Gasteiger partial charge in [0, 0.05) is 11.4 Å². The lowest BCUT2D eigenvalue weighted by Gasteiger charge is -2.16. The van der Waals surface area contributed by atoms with Gasteiger partial charge in [-0.05, 0) is 56.7 Å². The molecule has 3 aromatic rings. The summed E-state index contributed by atoms with van der Waals surface area (Å²) in [5.41, 5.74) is 1.81. The predicted octanol–water partition coefficient (Wildman–Crippen LogP) is 5.26. The van der Waals surface area contributed by atoms with E-state index in [1.807, 2.05) is 24.5 Å². The topological polar surface area (TPSA) is 47.2 Å². The van der Waals surface area contributed by atoms with Crippen LogP contribution >= 0.6 is 0 Å². The molecule has 4 nitrogen and oxygen atoms in total. The summed E-state index contributed by atoms with van der Waals surface area (Å²) in [5.74, 6) is 0.440. The van der Waals surface area contributed by atoms with Crippen molar-refractivity contribution in [2.45, 2.75) is 39.5 Å². The number of aromatic nitrogens is 1. The number of nitrogens with zero attached hydrogens (tertiary/aromatic N) is 1. The summed E-state index contributed by atoms with van der Waals surface area (Å²) >= 11 is 0. The second kappa shape index (κ2) is 7.58. The van der Waals surface area contributed by atoms with Gasteiger partial charge in [-0.2, -0.15) is 13.2 Å². The maximum absolute atomic E-state index is 12.9. The van der Waals surface area contributed by atoms with E-state index < -0.39 is 17.8 Å². The quantitative estimate of drug-likeness (QED) is 0.646. The first-order valence-electron chi connectivity index (χ1n) is 8.84. The Hall–Kier alpha value is -2.96. The Kier molecular flexibility index (Phi) is 5.36. The van der Waals surface area contributed by atoms with Gasteiger partial charge in [-0.1, -0.05) is 12.1 Å². The van der Waals surface area contributed by atoms with E-state index in [1.54, 1.807) is 31.4 Å². The maximum Gasteiger partial charge on any atom is 0.416 e. The highest BCUT2D eigenvalue weighted by atomic mass is 19.4. The van der Waals surface area contributed by atoms with E-state index in [-0.39, 0.29) is 5.91 Å². The third kappa shape index (κ3) is 4.13. The SMILES string of the molecule is Cc1cc(C(=O)NC(C)c2cccc(C(F)(F)F)c2)c(C)n1Cc1ccco1. The number of furan rings is 1. The molecule has 0 saturated heterocycles. The fraction of sp³-hybridized carbons (Fsp3) is 0.286. The number of benzene rings is 1. The van der Waals surface area contributed by atoms with Gasteiger partial charge in [0.05, 0.1) is 30.0 Å². The zero-order valence-electron chi connectivity index (χ0n) is 15.8. The lowest BCUT2D eigenvalue weighted by molar-refractivity contribution is -0.137. The van der Waals surface area contributed by atoms with Crippen molar-refractivity contribution in [1.29, 1.82) is 0 Å². The van der Waals surface area contributed by atoms with Crippen molar-refractivity contribution in [3.05, 3.63) is 82.6 Å².